The quantitative estimate of drug-likeness (QED) is 0.522. The van der Waals surface area contributed by atoms with Crippen LogP contribution in [0.2, 0.25) is 0 Å². The molecule has 58 valence electrons. The van der Waals surface area contributed by atoms with E-state index in [0.717, 1.165) is 0 Å². The van der Waals surface area contributed by atoms with Gasteiger partial charge in [-0.15, -0.1) is 0 Å². The monoisotopic (exact) mass is 168 g/mol. The first-order chi connectivity index (χ1) is 5.29. The van der Waals surface area contributed by atoms with E-state index in [2.05, 4.69) is 44.2 Å². The van der Waals surface area contributed by atoms with E-state index in [0.29, 0.717) is 5.92 Å². The van der Waals surface area contributed by atoms with Crippen LogP contribution in [0.15, 0.2) is 29.8 Å². The molecule has 2 rings (SSSR count). The third-order valence-corrected chi connectivity index (χ3v) is 2.53. The van der Waals surface area contributed by atoms with Gasteiger partial charge in [0, 0.05) is 5.92 Å². The fourth-order valence-electron chi connectivity index (χ4n) is 1.65. The SMILES string of the molecule is CC1=Cc2ccccc2C1C.[NaH]. The Hall–Kier alpha value is -0.0400. The van der Waals surface area contributed by atoms with Crippen LogP contribution in [0, 0.1) is 0 Å². The summed E-state index contributed by atoms with van der Waals surface area (Å²) < 4.78 is 0. The molecule has 12 heavy (non-hydrogen) atoms. The summed E-state index contributed by atoms with van der Waals surface area (Å²) in [6.07, 6.45) is 2.28. The van der Waals surface area contributed by atoms with Gasteiger partial charge < -0.3 is 0 Å². The predicted octanol–water partition coefficient (Wildman–Crippen LogP) is 2.56. The Balaban J connectivity index is 0.000000720. The molecule has 0 radical (unpaired) electrons. The van der Waals surface area contributed by atoms with Crippen LogP contribution in [0.5, 0.6) is 0 Å². The van der Waals surface area contributed by atoms with Gasteiger partial charge in [0.1, 0.15) is 0 Å². The Morgan fingerprint density at radius 3 is 2.50 bits per heavy atom. The van der Waals surface area contributed by atoms with Crippen molar-refractivity contribution in [2.45, 2.75) is 19.8 Å². The van der Waals surface area contributed by atoms with E-state index in [9.17, 15) is 0 Å². The number of fused-ring (bicyclic) bond motifs is 1. The molecule has 1 aliphatic rings. The van der Waals surface area contributed by atoms with E-state index in [4.69, 9.17) is 0 Å². The molecule has 0 spiro atoms. The Bertz CT molecular complexity index is 313. The molecule has 0 saturated carbocycles. The van der Waals surface area contributed by atoms with Crippen LogP contribution < -0.4 is 0 Å². The molecule has 1 heteroatoms. The number of rotatable bonds is 0. The Morgan fingerprint density at radius 2 is 1.83 bits per heavy atom. The van der Waals surface area contributed by atoms with Crippen LogP contribution >= 0.6 is 0 Å². The topological polar surface area (TPSA) is 0 Å². The number of benzene rings is 1. The minimum absolute atomic E-state index is 0. The summed E-state index contributed by atoms with van der Waals surface area (Å²) in [5.74, 6) is 0.631. The van der Waals surface area contributed by atoms with Crippen LogP contribution in [-0.4, -0.2) is 29.6 Å². The summed E-state index contributed by atoms with van der Waals surface area (Å²) >= 11 is 0. The molecule has 1 aromatic carbocycles. The predicted molar refractivity (Wildman–Crippen MR) is 55.7 cm³/mol. The van der Waals surface area contributed by atoms with Gasteiger partial charge in [-0.25, -0.2) is 0 Å². The zero-order valence-electron chi connectivity index (χ0n) is 6.96. The molecule has 1 aromatic rings. The summed E-state index contributed by atoms with van der Waals surface area (Å²) in [7, 11) is 0. The molecule has 0 aliphatic heterocycles. The van der Waals surface area contributed by atoms with E-state index >= 15 is 0 Å². The van der Waals surface area contributed by atoms with Crippen molar-refractivity contribution in [2.75, 3.05) is 0 Å². The van der Waals surface area contributed by atoms with Gasteiger partial charge in [0.2, 0.25) is 0 Å². The molecule has 1 aliphatic carbocycles. The van der Waals surface area contributed by atoms with Crippen molar-refractivity contribution in [1.82, 2.24) is 0 Å². The minimum atomic E-state index is 0. The van der Waals surface area contributed by atoms with E-state index < -0.39 is 0 Å². The second-order valence-electron chi connectivity index (χ2n) is 3.24. The van der Waals surface area contributed by atoms with Crippen molar-refractivity contribution in [3.63, 3.8) is 0 Å². The maximum absolute atomic E-state index is 2.28. The Labute approximate surface area is 96.0 Å². The standard InChI is InChI=1S/C11H12.Na.H/c1-8-7-10-5-3-4-6-11(10)9(8)2;;/h3-7,9H,1-2H3;;. The van der Waals surface area contributed by atoms with E-state index in [1.165, 1.54) is 16.7 Å². The van der Waals surface area contributed by atoms with E-state index in [-0.39, 0.29) is 29.6 Å². The van der Waals surface area contributed by atoms with Gasteiger partial charge in [-0.3, -0.25) is 0 Å². The molecule has 0 bridgehead atoms. The number of hydrogen-bond donors (Lipinski definition) is 0. The number of hydrogen-bond acceptors (Lipinski definition) is 0. The van der Waals surface area contributed by atoms with Gasteiger partial charge in [-0.1, -0.05) is 42.8 Å². The van der Waals surface area contributed by atoms with Crippen LogP contribution in [-0.2, 0) is 0 Å². The van der Waals surface area contributed by atoms with E-state index in [1.807, 2.05) is 0 Å². The summed E-state index contributed by atoms with van der Waals surface area (Å²) in [6, 6.07) is 8.61. The van der Waals surface area contributed by atoms with Crippen LogP contribution in [0.25, 0.3) is 6.08 Å². The molecule has 0 aromatic heterocycles. The molecule has 0 amide bonds. The second-order valence-corrected chi connectivity index (χ2v) is 3.24. The molecule has 0 heterocycles. The molecule has 1 unspecified atom stereocenters. The average molecular weight is 168 g/mol. The fraction of sp³-hybridized carbons (Fsp3) is 0.273. The average Bonchev–Trinajstić information content (AvgIpc) is 2.30. The molecular formula is C11H13Na. The van der Waals surface area contributed by atoms with Crippen molar-refractivity contribution in [1.29, 1.82) is 0 Å². The van der Waals surface area contributed by atoms with Crippen molar-refractivity contribution >= 4 is 35.6 Å². The summed E-state index contributed by atoms with van der Waals surface area (Å²) in [5, 5.41) is 0. The summed E-state index contributed by atoms with van der Waals surface area (Å²) in [5.41, 5.74) is 4.36. The zero-order valence-corrected chi connectivity index (χ0v) is 6.96. The molecule has 1 atom stereocenters. The van der Waals surface area contributed by atoms with Gasteiger partial charge in [-0.2, -0.15) is 0 Å². The third-order valence-electron chi connectivity index (χ3n) is 2.53. The van der Waals surface area contributed by atoms with Crippen LogP contribution in [0.1, 0.15) is 30.9 Å². The van der Waals surface area contributed by atoms with Crippen molar-refractivity contribution in [3.05, 3.63) is 41.0 Å². The Kier molecular flexibility index (Phi) is 3.16. The zero-order chi connectivity index (χ0) is 7.84. The molecule has 0 nitrogen and oxygen atoms in total. The van der Waals surface area contributed by atoms with Gasteiger partial charge in [-0.05, 0) is 18.1 Å². The second kappa shape index (κ2) is 3.78. The Morgan fingerprint density at radius 1 is 1.17 bits per heavy atom. The molecule has 0 fully saturated rings. The fourth-order valence-corrected chi connectivity index (χ4v) is 1.65. The van der Waals surface area contributed by atoms with Gasteiger partial charge in [0.05, 0.1) is 0 Å². The third kappa shape index (κ3) is 1.52. The first kappa shape index (κ1) is 10.0. The van der Waals surface area contributed by atoms with E-state index in [1.54, 1.807) is 0 Å². The van der Waals surface area contributed by atoms with Crippen LogP contribution in [0.4, 0.5) is 0 Å². The van der Waals surface area contributed by atoms with Crippen molar-refractivity contribution < 1.29 is 0 Å². The van der Waals surface area contributed by atoms with Crippen LogP contribution in [0.3, 0.4) is 0 Å². The molecule has 0 saturated heterocycles. The molecule has 0 N–H and O–H groups in total. The van der Waals surface area contributed by atoms with Gasteiger partial charge in [0.25, 0.3) is 0 Å². The first-order valence-corrected chi connectivity index (χ1v) is 4.06. The van der Waals surface area contributed by atoms with Gasteiger partial charge >= 0.3 is 29.6 Å². The number of allylic oxidation sites excluding steroid dienone is 1. The summed E-state index contributed by atoms with van der Waals surface area (Å²) in [6.45, 7) is 4.46. The van der Waals surface area contributed by atoms with Gasteiger partial charge in [0.15, 0.2) is 0 Å². The first-order valence-electron chi connectivity index (χ1n) is 4.06. The molecular weight excluding hydrogens is 155 g/mol. The van der Waals surface area contributed by atoms with Crippen molar-refractivity contribution in [2.24, 2.45) is 0 Å². The maximum atomic E-state index is 2.28. The normalized spacial score (nSPS) is 19.5. The van der Waals surface area contributed by atoms with Crippen molar-refractivity contribution in [3.8, 4) is 0 Å². The summed E-state index contributed by atoms with van der Waals surface area (Å²) in [4.78, 5) is 0.